The van der Waals surface area contributed by atoms with Crippen LogP contribution < -0.4 is 10.6 Å². The molecule has 0 aliphatic carbocycles. The summed E-state index contributed by atoms with van der Waals surface area (Å²) >= 11 is 0. The van der Waals surface area contributed by atoms with Crippen LogP contribution in [0.1, 0.15) is 60.8 Å². The lowest BCUT2D eigenvalue weighted by Crippen LogP contribution is -2.50. The third kappa shape index (κ3) is 9.58. The Morgan fingerprint density at radius 1 is 0.957 bits per heavy atom. The lowest BCUT2D eigenvalue weighted by Gasteiger charge is -2.31. The van der Waals surface area contributed by atoms with Gasteiger partial charge in [-0.3, -0.25) is 9.59 Å². The van der Waals surface area contributed by atoms with Gasteiger partial charge in [-0.2, -0.15) is 13.2 Å². The number of carbonyl (C=O) groups excluding carboxylic acids is 2. The average molecular weight is 338 g/mol. The SMILES string of the molecule is CC(C)(C)N[C@@H](CCCCNC(=O)C(F)(F)F)C(=O)C(C)(C)C. The molecule has 1 amide bonds. The molecular formula is C16H29F3N2O2. The molecule has 2 N–H and O–H groups in total. The number of ketones is 1. The van der Waals surface area contributed by atoms with Crippen LogP contribution >= 0.6 is 0 Å². The highest BCUT2D eigenvalue weighted by Gasteiger charge is 2.38. The molecule has 0 saturated heterocycles. The number of amides is 1. The summed E-state index contributed by atoms with van der Waals surface area (Å²) in [4.78, 5) is 23.2. The highest BCUT2D eigenvalue weighted by Crippen LogP contribution is 2.21. The number of nitrogens with one attached hydrogen (secondary N) is 2. The van der Waals surface area contributed by atoms with Crippen molar-refractivity contribution in [3.05, 3.63) is 0 Å². The van der Waals surface area contributed by atoms with Crippen molar-refractivity contribution in [2.75, 3.05) is 6.54 Å². The van der Waals surface area contributed by atoms with E-state index in [0.717, 1.165) is 0 Å². The number of carbonyl (C=O) groups is 2. The molecule has 23 heavy (non-hydrogen) atoms. The van der Waals surface area contributed by atoms with Crippen LogP contribution in [-0.2, 0) is 9.59 Å². The van der Waals surface area contributed by atoms with E-state index in [-0.39, 0.29) is 23.9 Å². The smallest absolute Gasteiger partial charge is 0.348 e. The average Bonchev–Trinajstić information content (AvgIpc) is 2.32. The van der Waals surface area contributed by atoms with Gasteiger partial charge < -0.3 is 10.6 Å². The third-order valence-corrected chi connectivity index (χ3v) is 3.13. The lowest BCUT2D eigenvalue weighted by atomic mass is 9.84. The number of rotatable bonds is 7. The molecule has 0 unspecified atom stereocenters. The molecular weight excluding hydrogens is 309 g/mol. The zero-order valence-corrected chi connectivity index (χ0v) is 14.9. The number of halogens is 3. The van der Waals surface area contributed by atoms with Gasteiger partial charge in [-0.1, -0.05) is 20.8 Å². The molecule has 4 nitrogen and oxygen atoms in total. The van der Waals surface area contributed by atoms with Gasteiger partial charge in [-0.05, 0) is 40.0 Å². The van der Waals surface area contributed by atoms with E-state index in [9.17, 15) is 22.8 Å². The maximum absolute atomic E-state index is 12.5. The van der Waals surface area contributed by atoms with Gasteiger partial charge in [-0.15, -0.1) is 0 Å². The summed E-state index contributed by atoms with van der Waals surface area (Å²) < 4.78 is 36.1. The van der Waals surface area contributed by atoms with E-state index in [4.69, 9.17) is 0 Å². The van der Waals surface area contributed by atoms with Crippen molar-refractivity contribution in [2.24, 2.45) is 5.41 Å². The molecule has 0 bridgehead atoms. The highest BCUT2D eigenvalue weighted by atomic mass is 19.4. The number of alkyl halides is 3. The second-order valence-electron chi connectivity index (χ2n) is 7.81. The first kappa shape index (κ1) is 21.9. The van der Waals surface area contributed by atoms with Gasteiger partial charge in [0.15, 0.2) is 5.78 Å². The minimum absolute atomic E-state index is 0.0513. The van der Waals surface area contributed by atoms with Crippen molar-refractivity contribution in [1.29, 1.82) is 0 Å². The first-order valence-electron chi connectivity index (χ1n) is 7.81. The molecule has 0 aromatic carbocycles. The third-order valence-electron chi connectivity index (χ3n) is 3.13. The molecule has 0 rings (SSSR count). The van der Waals surface area contributed by atoms with E-state index in [1.165, 1.54) is 0 Å². The molecule has 0 fully saturated rings. The minimum atomic E-state index is -4.85. The van der Waals surface area contributed by atoms with Crippen LogP contribution in [-0.4, -0.2) is 36.0 Å². The van der Waals surface area contributed by atoms with Gasteiger partial charge in [0.05, 0.1) is 6.04 Å². The minimum Gasteiger partial charge on any atom is -0.348 e. The Kier molecular flexibility index (Phi) is 7.73. The van der Waals surface area contributed by atoms with Gasteiger partial charge in [0, 0.05) is 17.5 Å². The maximum atomic E-state index is 12.5. The van der Waals surface area contributed by atoms with Crippen molar-refractivity contribution >= 4 is 11.7 Å². The van der Waals surface area contributed by atoms with Gasteiger partial charge in [-0.25, -0.2) is 0 Å². The molecule has 0 aromatic heterocycles. The summed E-state index contributed by atoms with van der Waals surface area (Å²) in [5.74, 6) is -1.85. The quantitative estimate of drug-likeness (QED) is 0.701. The van der Waals surface area contributed by atoms with Crippen LogP contribution in [0.2, 0.25) is 0 Å². The van der Waals surface area contributed by atoms with E-state index < -0.39 is 17.5 Å². The van der Waals surface area contributed by atoms with E-state index in [2.05, 4.69) is 5.32 Å². The fraction of sp³-hybridized carbons (Fsp3) is 0.875. The van der Waals surface area contributed by atoms with Crippen molar-refractivity contribution < 1.29 is 22.8 Å². The Morgan fingerprint density at radius 3 is 1.87 bits per heavy atom. The molecule has 0 aliphatic rings. The summed E-state index contributed by atoms with van der Waals surface area (Å²) in [7, 11) is 0. The van der Waals surface area contributed by atoms with Gasteiger partial charge in [0.25, 0.3) is 0 Å². The molecule has 0 saturated carbocycles. The van der Waals surface area contributed by atoms with E-state index in [1.54, 1.807) is 0 Å². The molecule has 136 valence electrons. The van der Waals surface area contributed by atoms with Crippen molar-refractivity contribution in [3.8, 4) is 0 Å². The van der Waals surface area contributed by atoms with E-state index in [1.807, 2.05) is 46.9 Å². The first-order valence-corrected chi connectivity index (χ1v) is 7.81. The Bertz CT molecular complexity index is 407. The molecule has 7 heteroatoms. The highest BCUT2D eigenvalue weighted by molar-refractivity contribution is 5.88. The van der Waals surface area contributed by atoms with Crippen LogP contribution in [0, 0.1) is 5.41 Å². The molecule has 0 aliphatic heterocycles. The second-order valence-corrected chi connectivity index (χ2v) is 7.81. The standard InChI is InChI=1S/C16H29F3N2O2/c1-14(2,3)12(22)11(21-15(4,5)6)9-7-8-10-20-13(23)16(17,18)19/h11,21H,7-10H2,1-6H3,(H,20,23)/t11-/m0/s1. The van der Waals surface area contributed by atoms with E-state index in [0.29, 0.717) is 19.3 Å². The Balaban J connectivity index is 4.42. The van der Waals surface area contributed by atoms with Gasteiger partial charge >= 0.3 is 12.1 Å². The van der Waals surface area contributed by atoms with Crippen LogP contribution in [0.5, 0.6) is 0 Å². The van der Waals surface area contributed by atoms with Crippen LogP contribution in [0.25, 0.3) is 0 Å². The summed E-state index contributed by atoms with van der Waals surface area (Å²) in [6.45, 7) is 11.4. The predicted octanol–water partition coefficient (Wildman–Crippen LogP) is 3.21. The topological polar surface area (TPSA) is 58.2 Å². The molecule has 0 spiro atoms. The summed E-state index contributed by atoms with van der Waals surface area (Å²) in [6, 6.07) is -0.353. The number of unbranched alkanes of at least 4 members (excludes halogenated alkanes) is 1. The van der Waals surface area contributed by atoms with Crippen LogP contribution in [0.4, 0.5) is 13.2 Å². The van der Waals surface area contributed by atoms with Crippen molar-refractivity contribution in [2.45, 2.75) is 78.6 Å². The summed E-state index contributed by atoms with van der Waals surface area (Å²) in [5, 5.41) is 5.10. The molecule has 0 radical (unpaired) electrons. The van der Waals surface area contributed by atoms with Gasteiger partial charge in [0.1, 0.15) is 0 Å². The zero-order valence-electron chi connectivity index (χ0n) is 14.9. The largest absolute Gasteiger partial charge is 0.471 e. The van der Waals surface area contributed by atoms with Crippen LogP contribution in [0.3, 0.4) is 0 Å². The number of hydrogen-bond acceptors (Lipinski definition) is 3. The lowest BCUT2D eigenvalue weighted by molar-refractivity contribution is -0.173. The molecule has 0 heterocycles. The van der Waals surface area contributed by atoms with E-state index >= 15 is 0 Å². The number of Topliss-reactive ketones (excluding diaryl/α,β-unsaturated/α-hetero) is 1. The zero-order chi connectivity index (χ0) is 18.5. The Labute approximate surface area is 136 Å². The van der Waals surface area contributed by atoms with Crippen molar-refractivity contribution in [1.82, 2.24) is 10.6 Å². The Hall–Kier alpha value is -1.11. The van der Waals surface area contributed by atoms with Gasteiger partial charge in [0.2, 0.25) is 0 Å². The second kappa shape index (κ2) is 8.13. The fourth-order valence-corrected chi connectivity index (χ4v) is 2.09. The maximum Gasteiger partial charge on any atom is 0.471 e. The summed E-state index contributed by atoms with van der Waals surface area (Å²) in [6.07, 6.45) is -3.39. The van der Waals surface area contributed by atoms with Crippen molar-refractivity contribution in [3.63, 3.8) is 0 Å². The predicted molar refractivity (Wildman–Crippen MR) is 84.1 cm³/mol. The normalized spacial score (nSPS) is 14.5. The molecule has 0 aromatic rings. The van der Waals surface area contributed by atoms with Crippen LogP contribution in [0.15, 0.2) is 0 Å². The first-order chi connectivity index (χ1) is 10.1. The fourth-order valence-electron chi connectivity index (χ4n) is 2.09. The molecule has 1 atom stereocenters. The summed E-state index contributed by atoms with van der Waals surface area (Å²) in [5.41, 5.74) is -0.733. The monoisotopic (exact) mass is 338 g/mol. The Morgan fingerprint density at radius 2 is 1.48 bits per heavy atom. The number of hydrogen-bond donors (Lipinski definition) is 2.